The van der Waals surface area contributed by atoms with E-state index in [-0.39, 0.29) is 45.1 Å². The molecule has 2 heteroatoms. The van der Waals surface area contributed by atoms with Crippen molar-refractivity contribution in [3.05, 3.63) is 59.7 Å². The van der Waals surface area contributed by atoms with Gasteiger partial charge < -0.3 is 12.4 Å². The molecule has 0 amide bonds. The molecule has 0 unspecified atom stereocenters. The summed E-state index contributed by atoms with van der Waals surface area (Å²) in [7, 11) is 0. The predicted molar refractivity (Wildman–Crippen MR) is 53.5 cm³/mol. The van der Waals surface area contributed by atoms with E-state index < -0.39 is 0 Å². The fourth-order valence-corrected chi connectivity index (χ4v) is 0.940. The summed E-state index contributed by atoms with van der Waals surface area (Å²) >= 11 is 0. The Hall–Kier alpha value is 0.0939. The third kappa shape index (κ3) is 7.49. The summed E-state index contributed by atoms with van der Waals surface area (Å²) in [5.74, 6) is 0. The number of hydrogen-bond acceptors (Lipinski definition) is 0. The first-order chi connectivity index (χ1) is 5.79. The third-order valence-electron chi connectivity index (χ3n) is 1.66. The number of rotatable bonds is 0. The van der Waals surface area contributed by atoms with E-state index in [1.165, 1.54) is 11.1 Å². The molecule has 2 rings (SSSR count). The maximum Gasteiger partial charge on any atom is 3.00 e. The van der Waals surface area contributed by atoms with E-state index >= 15 is 0 Å². The second kappa shape index (κ2) is 9.64. The molecule has 0 saturated heterocycles. The van der Waals surface area contributed by atoms with Gasteiger partial charge in [0.1, 0.15) is 0 Å². The monoisotopic (exact) mass is 282 g/mol. The van der Waals surface area contributed by atoms with Crippen LogP contribution in [0.15, 0.2) is 48.5 Å². The van der Waals surface area contributed by atoms with Gasteiger partial charge in [-0.05, 0) is 0 Å². The van der Waals surface area contributed by atoms with Gasteiger partial charge in [0.25, 0.3) is 0 Å². The SMILES string of the molecule is C[c-]1cccc1.C[c-]1cccc1.[Cl-].[Y+3]. The minimum absolute atomic E-state index is 0. The first kappa shape index (κ1) is 16.5. The number of halogens is 1. The third-order valence-corrected chi connectivity index (χ3v) is 1.66. The van der Waals surface area contributed by atoms with Crippen molar-refractivity contribution < 1.29 is 45.1 Å². The van der Waals surface area contributed by atoms with Gasteiger partial charge in [-0.3, -0.25) is 0 Å². The maximum atomic E-state index is 2.08. The second-order valence-electron chi connectivity index (χ2n) is 2.92. The van der Waals surface area contributed by atoms with Gasteiger partial charge in [0.05, 0.1) is 0 Å². The minimum atomic E-state index is 0. The Labute approximate surface area is 118 Å². The number of aryl methyl sites for hydroxylation is 2. The average Bonchev–Trinajstić information content (AvgIpc) is 2.63. The van der Waals surface area contributed by atoms with Gasteiger partial charge in [0, 0.05) is 0 Å². The Morgan fingerprint density at radius 3 is 0.929 bits per heavy atom. The summed E-state index contributed by atoms with van der Waals surface area (Å²) in [5.41, 5.74) is 2.69. The van der Waals surface area contributed by atoms with E-state index in [4.69, 9.17) is 0 Å². The molecule has 0 nitrogen and oxygen atoms in total. The van der Waals surface area contributed by atoms with Gasteiger partial charge in [-0.25, -0.2) is 24.3 Å². The summed E-state index contributed by atoms with van der Waals surface area (Å²) in [6, 6.07) is 16.5. The largest absolute Gasteiger partial charge is 3.00 e. The van der Waals surface area contributed by atoms with E-state index in [1.807, 2.05) is 24.3 Å². The molecule has 0 saturated carbocycles. The van der Waals surface area contributed by atoms with E-state index in [1.54, 1.807) is 0 Å². The molecular weight excluding hydrogens is 268 g/mol. The Kier molecular flexibility index (Phi) is 11.4. The van der Waals surface area contributed by atoms with Crippen LogP contribution in [0.5, 0.6) is 0 Å². The molecule has 0 aliphatic heterocycles. The fraction of sp³-hybridized carbons (Fsp3) is 0.167. The van der Waals surface area contributed by atoms with Crippen LogP contribution < -0.4 is 12.4 Å². The zero-order chi connectivity index (χ0) is 8.81. The maximum absolute atomic E-state index is 2.08. The first-order valence-corrected chi connectivity index (χ1v) is 4.15. The van der Waals surface area contributed by atoms with Crippen LogP contribution in [0.1, 0.15) is 11.1 Å². The van der Waals surface area contributed by atoms with Crippen molar-refractivity contribution in [1.82, 2.24) is 0 Å². The summed E-state index contributed by atoms with van der Waals surface area (Å²) < 4.78 is 0. The van der Waals surface area contributed by atoms with E-state index in [9.17, 15) is 0 Å². The van der Waals surface area contributed by atoms with E-state index in [0.717, 1.165) is 0 Å². The van der Waals surface area contributed by atoms with Crippen LogP contribution in [0.25, 0.3) is 0 Å². The summed E-state index contributed by atoms with van der Waals surface area (Å²) in [6.07, 6.45) is 0. The molecule has 0 fully saturated rings. The summed E-state index contributed by atoms with van der Waals surface area (Å²) in [5, 5.41) is 0. The summed E-state index contributed by atoms with van der Waals surface area (Å²) in [4.78, 5) is 0. The average molecular weight is 283 g/mol. The van der Waals surface area contributed by atoms with E-state index in [2.05, 4.69) is 38.1 Å². The molecule has 0 bridgehead atoms. The Morgan fingerprint density at radius 1 is 0.643 bits per heavy atom. The van der Waals surface area contributed by atoms with Gasteiger partial charge in [0.2, 0.25) is 0 Å². The van der Waals surface area contributed by atoms with Crippen molar-refractivity contribution in [2.45, 2.75) is 13.8 Å². The Morgan fingerprint density at radius 2 is 0.857 bits per heavy atom. The Balaban J connectivity index is 0. The van der Waals surface area contributed by atoms with Crippen LogP contribution in [0.2, 0.25) is 0 Å². The quantitative estimate of drug-likeness (QED) is 0.615. The molecule has 0 aliphatic rings. The molecule has 0 N–H and O–H groups in total. The standard InChI is InChI=1S/2C6H7.ClH.Y/c2*1-6-4-2-3-5-6;;/h2*2-5H,1H3;1H;/q2*-1;;+3/p-1. The van der Waals surface area contributed by atoms with Crippen molar-refractivity contribution >= 4 is 0 Å². The zero-order valence-corrected chi connectivity index (χ0v) is 12.2. The van der Waals surface area contributed by atoms with Crippen LogP contribution in [0.4, 0.5) is 0 Å². The first-order valence-electron chi connectivity index (χ1n) is 4.15. The van der Waals surface area contributed by atoms with Gasteiger partial charge in [-0.1, -0.05) is 13.8 Å². The zero-order valence-electron chi connectivity index (χ0n) is 8.57. The smallest absolute Gasteiger partial charge is 1.00 e. The minimum Gasteiger partial charge on any atom is -1.00 e. The van der Waals surface area contributed by atoms with Crippen LogP contribution in [0, 0.1) is 13.8 Å². The van der Waals surface area contributed by atoms with Crippen molar-refractivity contribution in [3.8, 4) is 0 Å². The molecule has 0 heterocycles. The van der Waals surface area contributed by atoms with Crippen molar-refractivity contribution in [2.24, 2.45) is 0 Å². The molecule has 2 aromatic rings. The molecule has 0 aliphatic carbocycles. The van der Waals surface area contributed by atoms with Crippen molar-refractivity contribution in [3.63, 3.8) is 0 Å². The Bertz CT molecular complexity index is 250. The number of hydrogen-bond donors (Lipinski definition) is 0. The normalized spacial score (nSPS) is 7.57. The van der Waals surface area contributed by atoms with Crippen LogP contribution in [-0.4, -0.2) is 0 Å². The second-order valence-corrected chi connectivity index (χ2v) is 2.92. The van der Waals surface area contributed by atoms with E-state index in [0.29, 0.717) is 0 Å². The topological polar surface area (TPSA) is 0 Å². The van der Waals surface area contributed by atoms with Gasteiger partial charge in [-0.2, -0.15) is 35.4 Å². The van der Waals surface area contributed by atoms with Gasteiger partial charge >= 0.3 is 32.7 Å². The molecule has 0 radical (unpaired) electrons. The van der Waals surface area contributed by atoms with Crippen LogP contribution in [0.3, 0.4) is 0 Å². The molecular formula is C12H14ClY. The predicted octanol–water partition coefficient (Wildman–Crippen LogP) is 0.429. The molecule has 0 spiro atoms. The molecule has 0 aromatic heterocycles. The van der Waals surface area contributed by atoms with Crippen LogP contribution >= 0.6 is 0 Å². The molecule has 14 heavy (non-hydrogen) atoms. The fourth-order valence-electron chi connectivity index (χ4n) is 0.940. The van der Waals surface area contributed by atoms with Crippen LogP contribution in [-0.2, 0) is 32.7 Å². The van der Waals surface area contributed by atoms with Crippen molar-refractivity contribution in [2.75, 3.05) is 0 Å². The van der Waals surface area contributed by atoms with Gasteiger partial charge in [-0.15, -0.1) is 0 Å². The van der Waals surface area contributed by atoms with Gasteiger partial charge in [0.15, 0.2) is 0 Å². The molecule has 0 atom stereocenters. The van der Waals surface area contributed by atoms with Crippen molar-refractivity contribution in [1.29, 1.82) is 0 Å². The molecule has 72 valence electrons. The molecule has 2 aromatic carbocycles. The summed E-state index contributed by atoms with van der Waals surface area (Å²) in [6.45, 7) is 4.17.